The van der Waals surface area contributed by atoms with Gasteiger partial charge in [-0.15, -0.1) is 0 Å². The standard InChI is InChI=1S/C22H20N6O2/c1-15-5-4-6-16(11-15)27-22(30)24-13-21(29)26-17-9-10-20(23-12-17)28-14-25-18-7-2-3-8-19(18)28/h2-12,14H,13H2,1H3,(H,26,29)(H2,24,27,30). The number of fused-ring (bicyclic) bond motifs is 1. The largest absolute Gasteiger partial charge is 0.329 e. The number of hydrogen-bond acceptors (Lipinski definition) is 4. The molecule has 2 heterocycles. The van der Waals surface area contributed by atoms with Gasteiger partial charge in [0.25, 0.3) is 0 Å². The highest BCUT2D eigenvalue weighted by Crippen LogP contribution is 2.17. The van der Waals surface area contributed by atoms with Gasteiger partial charge in [-0.25, -0.2) is 14.8 Å². The number of anilines is 2. The highest BCUT2D eigenvalue weighted by atomic mass is 16.2. The highest BCUT2D eigenvalue weighted by molar-refractivity contribution is 5.96. The summed E-state index contributed by atoms with van der Waals surface area (Å²) < 4.78 is 1.87. The lowest BCUT2D eigenvalue weighted by Gasteiger charge is -2.09. The molecule has 0 spiro atoms. The minimum atomic E-state index is -0.448. The SMILES string of the molecule is Cc1cccc(NC(=O)NCC(=O)Nc2ccc(-n3cnc4ccccc43)nc2)c1. The van der Waals surface area contributed by atoms with Crippen molar-refractivity contribution in [2.24, 2.45) is 0 Å². The van der Waals surface area contributed by atoms with E-state index in [9.17, 15) is 9.59 Å². The van der Waals surface area contributed by atoms with Gasteiger partial charge in [0.15, 0.2) is 0 Å². The highest BCUT2D eigenvalue weighted by Gasteiger charge is 2.08. The molecule has 150 valence electrons. The summed E-state index contributed by atoms with van der Waals surface area (Å²) in [5.74, 6) is 0.342. The Hall–Kier alpha value is -4.20. The minimum Gasteiger partial charge on any atom is -0.329 e. The zero-order valence-corrected chi connectivity index (χ0v) is 16.3. The first-order valence-electron chi connectivity index (χ1n) is 9.38. The topological polar surface area (TPSA) is 101 Å². The van der Waals surface area contributed by atoms with Crippen molar-refractivity contribution >= 4 is 34.3 Å². The molecule has 0 aliphatic rings. The fourth-order valence-corrected chi connectivity index (χ4v) is 3.01. The lowest BCUT2D eigenvalue weighted by atomic mass is 10.2. The molecule has 0 saturated heterocycles. The molecule has 0 unspecified atom stereocenters. The van der Waals surface area contributed by atoms with E-state index in [2.05, 4.69) is 25.9 Å². The molecule has 0 radical (unpaired) electrons. The minimum absolute atomic E-state index is 0.161. The van der Waals surface area contributed by atoms with E-state index in [0.29, 0.717) is 17.2 Å². The molecule has 0 saturated carbocycles. The average molecular weight is 400 g/mol. The maximum atomic E-state index is 12.1. The number of carbonyl (C=O) groups excluding carboxylic acids is 2. The lowest BCUT2D eigenvalue weighted by Crippen LogP contribution is -2.35. The van der Waals surface area contributed by atoms with Gasteiger partial charge in [-0.05, 0) is 48.9 Å². The maximum absolute atomic E-state index is 12.1. The maximum Gasteiger partial charge on any atom is 0.319 e. The van der Waals surface area contributed by atoms with Crippen LogP contribution in [0.4, 0.5) is 16.2 Å². The van der Waals surface area contributed by atoms with Gasteiger partial charge >= 0.3 is 6.03 Å². The second-order valence-corrected chi connectivity index (χ2v) is 6.73. The molecule has 30 heavy (non-hydrogen) atoms. The third kappa shape index (κ3) is 4.44. The number of rotatable bonds is 5. The van der Waals surface area contributed by atoms with Crippen LogP contribution in [0, 0.1) is 6.92 Å². The number of carbonyl (C=O) groups is 2. The van der Waals surface area contributed by atoms with Crippen LogP contribution in [0.3, 0.4) is 0 Å². The first kappa shape index (κ1) is 19.1. The van der Waals surface area contributed by atoms with Crippen molar-refractivity contribution in [2.45, 2.75) is 6.92 Å². The van der Waals surface area contributed by atoms with E-state index in [1.165, 1.54) is 0 Å². The molecule has 0 atom stereocenters. The summed E-state index contributed by atoms with van der Waals surface area (Å²) in [7, 11) is 0. The van der Waals surface area contributed by atoms with Gasteiger partial charge in [0.05, 0.1) is 29.5 Å². The molecule has 8 heteroatoms. The van der Waals surface area contributed by atoms with E-state index >= 15 is 0 Å². The smallest absolute Gasteiger partial charge is 0.319 e. The Morgan fingerprint density at radius 1 is 0.933 bits per heavy atom. The predicted molar refractivity (Wildman–Crippen MR) is 116 cm³/mol. The number of aryl methyl sites for hydroxylation is 1. The van der Waals surface area contributed by atoms with Crippen molar-refractivity contribution in [1.82, 2.24) is 19.9 Å². The number of aromatic nitrogens is 3. The van der Waals surface area contributed by atoms with E-state index < -0.39 is 6.03 Å². The summed E-state index contributed by atoms with van der Waals surface area (Å²) in [5.41, 5.74) is 4.07. The number of amides is 3. The summed E-state index contributed by atoms with van der Waals surface area (Å²) in [5, 5.41) is 7.93. The molecular weight excluding hydrogens is 380 g/mol. The van der Waals surface area contributed by atoms with Crippen LogP contribution < -0.4 is 16.0 Å². The summed E-state index contributed by atoms with van der Waals surface area (Å²) in [6.07, 6.45) is 3.27. The van der Waals surface area contributed by atoms with Crippen molar-refractivity contribution in [2.75, 3.05) is 17.2 Å². The second-order valence-electron chi connectivity index (χ2n) is 6.73. The van der Waals surface area contributed by atoms with Gasteiger partial charge in [0.1, 0.15) is 12.1 Å². The zero-order valence-electron chi connectivity index (χ0n) is 16.3. The average Bonchev–Trinajstić information content (AvgIpc) is 3.17. The van der Waals surface area contributed by atoms with Crippen LogP contribution in [-0.4, -0.2) is 33.0 Å². The molecule has 2 aromatic carbocycles. The van der Waals surface area contributed by atoms with Crippen molar-refractivity contribution < 1.29 is 9.59 Å². The third-order valence-corrected chi connectivity index (χ3v) is 4.42. The van der Waals surface area contributed by atoms with Gasteiger partial charge in [0.2, 0.25) is 5.91 Å². The Kier molecular flexibility index (Phi) is 5.38. The van der Waals surface area contributed by atoms with Gasteiger partial charge < -0.3 is 16.0 Å². The monoisotopic (exact) mass is 400 g/mol. The second kappa shape index (κ2) is 8.44. The molecule has 2 aromatic heterocycles. The Balaban J connectivity index is 1.32. The fraction of sp³-hybridized carbons (Fsp3) is 0.0909. The van der Waals surface area contributed by atoms with Crippen LogP contribution in [0.15, 0.2) is 73.2 Å². The first-order chi connectivity index (χ1) is 14.6. The number of nitrogens with one attached hydrogen (secondary N) is 3. The van der Waals surface area contributed by atoms with E-state index in [4.69, 9.17) is 0 Å². The summed E-state index contributed by atoms with van der Waals surface area (Å²) in [4.78, 5) is 32.8. The number of imidazole rings is 1. The molecule has 0 aliphatic carbocycles. The van der Waals surface area contributed by atoms with Gasteiger partial charge in [0, 0.05) is 5.69 Å². The van der Waals surface area contributed by atoms with Crippen LogP contribution in [0.25, 0.3) is 16.9 Å². The molecule has 3 N–H and O–H groups in total. The molecule has 4 rings (SSSR count). The van der Waals surface area contributed by atoms with Crippen LogP contribution >= 0.6 is 0 Å². The van der Waals surface area contributed by atoms with E-state index in [1.54, 1.807) is 30.7 Å². The van der Waals surface area contributed by atoms with E-state index in [0.717, 1.165) is 16.6 Å². The molecule has 4 aromatic rings. The quantitative estimate of drug-likeness (QED) is 0.477. The Labute approximate surface area is 173 Å². The molecule has 0 aliphatic heterocycles. The predicted octanol–water partition coefficient (Wildman–Crippen LogP) is 3.49. The molecule has 3 amide bonds. The van der Waals surface area contributed by atoms with Gasteiger partial charge in [-0.3, -0.25) is 9.36 Å². The van der Waals surface area contributed by atoms with Gasteiger partial charge in [-0.2, -0.15) is 0 Å². The lowest BCUT2D eigenvalue weighted by molar-refractivity contribution is -0.115. The number of para-hydroxylation sites is 2. The summed E-state index contributed by atoms with van der Waals surface area (Å²) >= 11 is 0. The van der Waals surface area contributed by atoms with Crippen LogP contribution in [0.5, 0.6) is 0 Å². The Bertz CT molecular complexity index is 1200. The molecule has 0 fully saturated rings. The number of hydrogen-bond donors (Lipinski definition) is 3. The van der Waals surface area contributed by atoms with Crippen molar-refractivity contribution in [1.29, 1.82) is 0 Å². The van der Waals surface area contributed by atoms with E-state index in [1.807, 2.05) is 54.0 Å². The van der Waals surface area contributed by atoms with Crippen molar-refractivity contribution in [3.05, 3.63) is 78.8 Å². The fourth-order valence-electron chi connectivity index (χ4n) is 3.01. The normalized spacial score (nSPS) is 10.6. The number of pyridine rings is 1. The Morgan fingerprint density at radius 2 is 1.80 bits per heavy atom. The van der Waals surface area contributed by atoms with E-state index in [-0.39, 0.29) is 12.5 Å². The van der Waals surface area contributed by atoms with Crippen LogP contribution in [0.2, 0.25) is 0 Å². The van der Waals surface area contributed by atoms with Crippen LogP contribution in [0.1, 0.15) is 5.56 Å². The summed E-state index contributed by atoms with van der Waals surface area (Å²) in [6.45, 7) is 1.77. The van der Waals surface area contributed by atoms with Crippen LogP contribution in [-0.2, 0) is 4.79 Å². The number of urea groups is 1. The third-order valence-electron chi connectivity index (χ3n) is 4.42. The number of nitrogens with zero attached hydrogens (tertiary/aromatic N) is 3. The zero-order chi connectivity index (χ0) is 20.9. The first-order valence-corrected chi connectivity index (χ1v) is 9.38. The van der Waals surface area contributed by atoms with Crippen molar-refractivity contribution in [3.63, 3.8) is 0 Å². The molecule has 0 bridgehead atoms. The summed E-state index contributed by atoms with van der Waals surface area (Å²) in [6, 6.07) is 18.3. The molecule has 8 nitrogen and oxygen atoms in total. The number of benzene rings is 2. The Morgan fingerprint density at radius 3 is 2.60 bits per heavy atom. The molecular formula is C22H20N6O2. The van der Waals surface area contributed by atoms with Crippen molar-refractivity contribution in [3.8, 4) is 5.82 Å². The van der Waals surface area contributed by atoms with Gasteiger partial charge in [-0.1, -0.05) is 24.3 Å².